The maximum Gasteiger partial charge on any atom is 0.237 e. The number of allylic oxidation sites excluding steroid dienone is 1. The van der Waals surface area contributed by atoms with E-state index in [-0.39, 0.29) is 23.8 Å². The molecule has 0 saturated heterocycles. The van der Waals surface area contributed by atoms with Gasteiger partial charge in [0.2, 0.25) is 11.8 Å². The van der Waals surface area contributed by atoms with Gasteiger partial charge in [-0.2, -0.15) is 0 Å². The summed E-state index contributed by atoms with van der Waals surface area (Å²) >= 11 is 0. The minimum atomic E-state index is -0.227. The molecule has 1 unspecified atom stereocenters. The molecular formula is C25H31N3O3. The lowest BCUT2D eigenvalue weighted by Crippen LogP contribution is -2.38. The highest BCUT2D eigenvalue weighted by Gasteiger charge is 2.26. The number of carbonyl (C=O) groups is 1. The first kappa shape index (κ1) is 22.6. The number of hydrogen-bond donors (Lipinski definition) is 2. The Morgan fingerprint density at radius 3 is 2.52 bits per heavy atom. The number of fused-ring (bicyclic) bond motifs is 1. The average Bonchev–Trinajstić information content (AvgIpc) is 3.19. The van der Waals surface area contributed by atoms with Gasteiger partial charge in [-0.1, -0.05) is 32.9 Å². The van der Waals surface area contributed by atoms with Gasteiger partial charge in [0.05, 0.1) is 6.10 Å². The van der Waals surface area contributed by atoms with Crippen LogP contribution in [0.2, 0.25) is 0 Å². The first-order chi connectivity index (χ1) is 14.8. The topological polar surface area (TPSA) is 90.4 Å². The van der Waals surface area contributed by atoms with Crippen LogP contribution in [-0.2, 0) is 4.79 Å². The van der Waals surface area contributed by atoms with Crippen LogP contribution in [0.25, 0.3) is 28.1 Å². The number of amides is 1. The molecule has 2 aromatic carbocycles. The van der Waals surface area contributed by atoms with Crippen LogP contribution in [0.1, 0.15) is 46.1 Å². The molecule has 3 aromatic rings. The van der Waals surface area contributed by atoms with Crippen LogP contribution in [0.15, 0.2) is 53.5 Å². The minimum Gasteiger partial charge on any atom is -0.491 e. The van der Waals surface area contributed by atoms with Gasteiger partial charge in [-0.05, 0) is 73.7 Å². The highest BCUT2D eigenvalue weighted by Crippen LogP contribution is 2.33. The third-order valence-corrected chi connectivity index (χ3v) is 5.46. The molecule has 1 aromatic heterocycles. The third kappa shape index (κ3) is 5.14. The Hall–Kier alpha value is -3.12. The zero-order chi connectivity index (χ0) is 22.5. The first-order valence-electron chi connectivity index (χ1n) is 10.7. The Labute approximate surface area is 183 Å². The summed E-state index contributed by atoms with van der Waals surface area (Å²) in [7, 11) is 0. The maximum atomic E-state index is 12.2. The van der Waals surface area contributed by atoms with Crippen molar-refractivity contribution in [2.75, 3.05) is 0 Å². The molecule has 0 bridgehead atoms. The van der Waals surface area contributed by atoms with Crippen molar-refractivity contribution in [1.82, 2.24) is 10.4 Å². The van der Waals surface area contributed by atoms with Gasteiger partial charge < -0.3 is 9.15 Å². The van der Waals surface area contributed by atoms with Crippen LogP contribution in [-0.4, -0.2) is 17.0 Å². The number of carbonyl (C=O) groups excluding carboxylic acids is 1. The van der Waals surface area contributed by atoms with Crippen molar-refractivity contribution in [3.8, 4) is 17.2 Å². The lowest BCUT2D eigenvalue weighted by Gasteiger charge is -2.24. The lowest BCUT2D eigenvalue weighted by atomic mass is 9.81. The van der Waals surface area contributed by atoms with Crippen molar-refractivity contribution in [3.05, 3.63) is 54.6 Å². The molecule has 0 radical (unpaired) electrons. The molecule has 3 N–H and O–H groups in total. The van der Waals surface area contributed by atoms with E-state index in [0.717, 1.165) is 40.8 Å². The van der Waals surface area contributed by atoms with E-state index in [2.05, 4.69) is 23.9 Å². The Balaban J connectivity index is 1.84. The fourth-order valence-corrected chi connectivity index (χ4v) is 3.73. The number of hydrazine groups is 1. The van der Waals surface area contributed by atoms with E-state index in [1.165, 1.54) is 0 Å². The van der Waals surface area contributed by atoms with Gasteiger partial charge in [0, 0.05) is 11.5 Å². The molecule has 0 fully saturated rings. The second-order valence-electron chi connectivity index (χ2n) is 8.11. The standard InChI is InChI=1S/C25H31N3O3/c1-6-7-21(24(29)28-26)17(5)16(4)19-10-13-22-23(14-19)31-25(27-22)18-8-11-20(12-9-18)30-15(2)3/h8-15,17,21H,4,6-7,26H2,1-3,5H3,(H,28,29)/t17-,21?/m0/s1. The summed E-state index contributed by atoms with van der Waals surface area (Å²) in [6, 6.07) is 13.5. The number of nitrogens with zero attached hydrogens (tertiary/aromatic N) is 1. The van der Waals surface area contributed by atoms with Crippen molar-refractivity contribution in [3.63, 3.8) is 0 Å². The molecule has 1 heterocycles. The Morgan fingerprint density at radius 1 is 1.19 bits per heavy atom. The molecule has 0 aliphatic heterocycles. The zero-order valence-corrected chi connectivity index (χ0v) is 18.6. The molecule has 0 spiro atoms. The Bertz CT molecular complexity index is 1050. The van der Waals surface area contributed by atoms with Crippen molar-refractivity contribution in [1.29, 1.82) is 0 Å². The van der Waals surface area contributed by atoms with E-state index >= 15 is 0 Å². The third-order valence-electron chi connectivity index (χ3n) is 5.46. The number of oxazole rings is 1. The molecule has 31 heavy (non-hydrogen) atoms. The number of aromatic nitrogens is 1. The predicted molar refractivity (Wildman–Crippen MR) is 124 cm³/mol. The van der Waals surface area contributed by atoms with Gasteiger partial charge in [-0.25, -0.2) is 10.8 Å². The smallest absolute Gasteiger partial charge is 0.237 e. The minimum absolute atomic E-state index is 0.0585. The molecule has 2 atom stereocenters. The molecule has 0 saturated carbocycles. The number of ether oxygens (including phenoxy) is 1. The van der Waals surface area contributed by atoms with Crippen LogP contribution in [0, 0.1) is 11.8 Å². The van der Waals surface area contributed by atoms with Gasteiger partial charge in [0.25, 0.3) is 0 Å². The molecule has 6 heteroatoms. The molecule has 0 aliphatic rings. The van der Waals surface area contributed by atoms with Crippen molar-refractivity contribution < 1.29 is 13.9 Å². The van der Waals surface area contributed by atoms with E-state index in [1.54, 1.807) is 0 Å². The lowest BCUT2D eigenvalue weighted by molar-refractivity contribution is -0.126. The van der Waals surface area contributed by atoms with Crippen LogP contribution >= 0.6 is 0 Å². The van der Waals surface area contributed by atoms with Crippen molar-refractivity contribution >= 4 is 22.6 Å². The molecule has 1 amide bonds. The monoisotopic (exact) mass is 421 g/mol. The summed E-state index contributed by atoms with van der Waals surface area (Å²) in [4.78, 5) is 16.8. The Morgan fingerprint density at radius 2 is 1.90 bits per heavy atom. The van der Waals surface area contributed by atoms with Crippen molar-refractivity contribution in [2.45, 2.75) is 46.6 Å². The van der Waals surface area contributed by atoms with Crippen LogP contribution in [0.4, 0.5) is 0 Å². The summed E-state index contributed by atoms with van der Waals surface area (Å²) in [5.74, 6) is 6.30. The molecule has 3 rings (SSSR count). The van der Waals surface area contributed by atoms with E-state index in [1.807, 2.05) is 63.2 Å². The SMILES string of the molecule is C=C(c1ccc2nc(-c3ccc(OC(C)C)cc3)oc2c1)[C@H](C)C(CCC)C(=O)NN. The van der Waals surface area contributed by atoms with Gasteiger partial charge in [-0.15, -0.1) is 0 Å². The summed E-state index contributed by atoms with van der Waals surface area (Å²) in [6.45, 7) is 12.3. The summed E-state index contributed by atoms with van der Waals surface area (Å²) < 4.78 is 11.7. The van der Waals surface area contributed by atoms with E-state index in [0.29, 0.717) is 11.5 Å². The zero-order valence-electron chi connectivity index (χ0n) is 18.6. The fraction of sp³-hybridized carbons (Fsp3) is 0.360. The summed E-state index contributed by atoms with van der Waals surface area (Å²) in [5.41, 5.74) is 6.41. The maximum absolute atomic E-state index is 12.2. The highest BCUT2D eigenvalue weighted by molar-refractivity contribution is 5.84. The number of rotatable bonds is 9. The van der Waals surface area contributed by atoms with E-state index in [4.69, 9.17) is 15.0 Å². The fourth-order valence-electron chi connectivity index (χ4n) is 3.73. The summed E-state index contributed by atoms with van der Waals surface area (Å²) in [5, 5.41) is 0. The summed E-state index contributed by atoms with van der Waals surface area (Å²) in [6.07, 6.45) is 1.76. The highest BCUT2D eigenvalue weighted by atomic mass is 16.5. The number of hydrogen-bond acceptors (Lipinski definition) is 5. The molecule has 6 nitrogen and oxygen atoms in total. The normalized spacial score (nSPS) is 13.2. The van der Waals surface area contributed by atoms with Gasteiger partial charge in [0.1, 0.15) is 11.3 Å². The quantitative estimate of drug-likeness (QED) is 0.277. The van der Waals surface area contributed by atoms with Crippen LogP contribution in [0.5, 0.6) is 5.75 Å². The first-order valence-corrected chi connectivity index (χ1v) is 10.7. The second-order valence-corrected chi connectivity index (χ2v) is 8.11. The number of benzene rings is 2. The molecule has 164 valence electrons. The predicted octanol–water partition coefficient (Wildman–Crippen LogP) is 5.34. The number of nitrogens with two attached hydrogens (primary N) is 1. The van der Waals surface area contributed by atoms with Gasteiger partial charge >= 0.3 is 0 Å². The Kier molecular flexibility index (Phi) is 7.13. The van der Waals surface area contributed by atoms with E-state index < -0.39 is 0 Å². The average molecular weight is 422 g/mol. The van der Waals surface area contributed by atoms with Crippen molar-refractivity contribution in [2.24, 2.45) is 17.7 Å². The van der Waals surface area contributed by atoms with Crippen LogP contribution in [0.3, 0.4) is 0 Å². The molecule has 0 aliphatic carbocycles. The van der Waals surface area contributed by atoms with Gasteiger partial charge in [0.15, 0.2) is 5.58 Å². The molecular weight excluding hydrogens is 390 g/mol. The largest absolute Gasteiger partial charge is 0.491 e. The van der Waals surface area contributed by atoms with Crippen LogP contribution < -0.4 is 16.0 Å². The number of nitrogens with one attached hydrogen (secondary N) is 1. The van der Waals surface area contributed by atoms with Gasteiger partial charge in [-0.3, -0.25) is 10.2 Å². The van der Waals surface area contributed by atoms with E-state index in [9.17, 15) is 4.79 Å². The second kappa shape index (κ2) is 9.79.